The van der Waals surface area contributed by atoms with E-state index in [1.807, 2.05) is 0 Å². The Morgan fingerprint density at radius 1 is 1.32 bits per heavy atom. The molecule has 0 spiro atoms. The van der Waals surface area contributed by atoms with Gasteiger partial charge in [0.05, 0.1) is 17.8 Å². The van der Waals surface area contributed by atoms with Crippen LogP contribution in [0, 0.1) is 13.8 Å². The first-order chi connectivity index (χ1) is 8.89. The number of hydrogen-bond acceptors (Lipinski definition) is 7. The van der Waals surface area contributed by atoms with Crippen molar-refractivity contribution in [3.63, 3.8) is 0 Å². The molecule has 1 rings (SSSR count). The first kappa shape index (κ1) is 16.7. The van der Waals surface area contributed by atoms with Crippen molar-refractivity contribution in [3.8, 4) is 5.75 Å². The van der Waals surface area contributed by atoms with Crippen LogP contribution in [0.1, 0.15) is 11.1 Å². The Balaban J connectivity index is 2.97. The maximum atomic E-state index is 11.6. The van der Waals surface area contributed by atoms with Crippen LogP contribution in [0.25, 0.3) is 0 Å². The Labute approximate surface area is 124 Å². The zero-order valence-electron chi connectivity index (χ0n) is 10.3. The van der Waals surface area contributed by atoms with Crippen LogP contribution in [0.4, 0.5) is 0 Å². The Bertz CT molecular complexity index is 508. The molecule has 6 nitrogen and oxygen atoms in total. The standard InChI is InChI=1S/C10H13BrO6S2/c1-7-5-9(18-17-16-12)6-8(2)10(7)15-19(13,14)4-3-11/h5-6,12H,3-4H2,1-2H3. The summed E-state index contributed by atoms with van der Waals surface area (Å²) >= 11 is 3.86. The monoisotopic (exact) mass is 372 g/mol. The van der Waals surface area contributed by atoms with Crippen molar-refractivity contribution in [2.24, 2.45) is 0 Å². The van der Waals surface area contributed by atoms with Gasteiger partial charge in [0.2, 0.25) is 0 Å². The largest absolute Gasteiger partial charge is 0.382 e. The first-order valence-electron chi connectivity index (χ1n) is 5.13. The van der Waals surface area contributed by atoms with Gasteiger partial charge >= 0.3 is 10.1 Å². The molecule has 19 heavy (non-hydrogen) atoms. The third-order valence-electron chi connectivity index (χ3n) is 2.13. The topological polar surface area (TPSA) is 82.1 Å². The highest BCUT2D eigenvalue weighted by atomic mass is 79.9. The lowest BCUT2D eigenvalue weighted by atomic mass is 10.1. The lowest BCUT2D eigenvalue weighted by molar-refractivity contribution is -0.432. The summed E-state index contributed by atoms with van der Waals surface area (Å²) in [6.45, 7) is 3.44. The number of halogens is 1. The molecule has 0 heterocycles. The van der Waals surface area contributed by atoms with Crippen molar-refractivity contribution in [3.05, 3.63) is 23.3 Å². The molecule has 0 fully saturated rings. The average molecular weight is 373 g/mol. The van der Waals surface area contributed by atoms with E-state index in [0.717, 1.165) is 12.0 Å². The molecule has 1 aromatic rings. The van der Waals surface area contributed by atoms with E-state index < -0.39 is 10.1 Å². The van der Waals surface area contributed by atoms with Crippen LogP contribution in [-0.2, 0) is 19.5 Å². The van der Waals surface area contributed by atoms with Crippen molar-refractivity contribution in [2.75, 3.05) is 11.1 Å². The molecular formula is C10H13BrO6S2. The van der Waals surface area contributed by atoms with E-state index in [-0.39, 0.29) is 5.75 Å². The minimum Gasteiger partial charge on any atom is -0.382 e. The molecule has 0 aliphatic carbocycles. The lowest BCUT2D eigenvalue weighted by Crippen LogP contribution is -2.15. The highest BCUT2D eigenvalue weighted by molar-refractivity contribution is 9.09. The van der Waals surface area contributed by atoms with Crippen molar-refractivity contribution in [1.29, 1.82) is 0 Å². The molecule has 1 N–H and O–H groups in total. The zero-order chi connectivity index (χ0) is 14.5. The predicted molar refractivity (Wildman–Crippen MR) is 74.8 cm³/mol. The summed E-state index contributed by atoms with van der Waals surface area (Å²) in [4.78, 5) is 0.647. The van der Waals surface area contributed by atoms with Gasteiger partial charge < -0.3 is 4.18 Å². The molecule has 0 saturated heterocycles. The summed E-state index contributed by atoms with van der Waals surface area (Å²) in [7, 11) is -3.61. The van der Waals surface area contributed by atoms with Crippen molar-refractivity contribution in [1.82, 2.24) is 0 Å². The third kappa shape index (κ3) is 5.28. The number of rotatable bonds is 7. The molecule has 0 saturated carbocycles. The van der Waals surface area contributed by atoms with Gasteiger partial charge in [0.15, 0.2) is 0 Å². The van der Waals surface area contributed by atoms with Crippen LogP contribution >= 0.6 is 28.0 Å². The molecule has 0 atom stereocenters. The van der Waals surface area contributed by atoms with Gasteiger partial charge in [-0.3, -0.25) is 0 Å². The molecule has 1 aromatic carbocycles. The van der Waals surface area contributed by atoms with Gasteiger partial charge in [-0.2, -0.15) is 8.42 Å². The van der Waals surface area contributed by atoms with Crippen LogP contribution in [0.2, 0.25) is 0 Å². The summed E-state index contributed by atoms with van der Waals surface area (Å²) in [5, 5.41) is 11.9. The summed E-state index contributed by atoms with van der Waals surface area (Å²) in [6, 6.07) is 3.32. The smallest absolute Gasteiger partial charge is 0.310 e. The van der Waals surface area contributed by atoms with Crippen molar-refractivity contribution >= 4 is 38.1 Å². The minimum absolute atomic E-state index is 0.107. The minimum atomic E-state index is -3.61. The maximum Gasteiger partial charge on any atom is 0.310 e. The number of benzene rings is 1. The number of hydrogen-bond donors (Lipinski definition) is 1. The van der Waals surface area contributed by atoms with E-state index in [2.05, 4.69) is 25.3 Å². The second kappa shape index (κ2) is 7.46. The van der Waals surface area contributed by atoms with Crippen LogP contribution in [0.15, 0.2) is 17.0 Å². The van der Waals surface area contributed by atoms with E-state index in [9.17, 15) is 8.42 Å². The highest BCUT2D eigenvalue weighted by Gasteiger charge is 2.16. The number of aryl methyl sites for hydroxylation is 2. The molecule has 0 aliphatic rings. The van der Waals surface area contributed by atoms with E-state index in [0.29, 0.717) is 27.1 Å². The van der Waals surface area contributed by atoms with Gasteiger partial charge in [0.25, 0.3) is 0 Å². The van der Waals surface area contributed by atoms with E-state index in [1.165, 1.54) is 0 Å². The van der Waals surface area contributed by atoms with Gasteiger partial charge in [-0.25, -0.2) is 5.26 Å². The molecule has 0 amide bonds. The SMILES string of the molecule is Cc1cc(SOOO)cc(C)c1OS(=O)(=O)CCBr. The van der Waals surface area contributed by atoms with Gasteiger partial charge in [-0.05, 0) is 37.1 Å². The zero-order valence-corrected chi connectivity index (χ0v) is 13.5. The van der Waals surface area contributed by atoms with E-state index >= 15 is 0 Å². The van der Waals surface area contributed by atoms with Gasteiger partial charge in [-0.1, -0.05) is 21.0 Å². The molecule has 0 bridgehead atoms. The molecule has 0 aromatic heterocycles. The maximum absolute atomic E-state index is 11.6. The van der Waals surface area contributed by atoms with Crippen LogP contribution in [-0.4, -0.2) is 24.8 Å². The average Bonchev–Trinajstić information content (AvgIpc) is 2.31. The summed E-state index contributed by atoms with van der Waals surface area (Å²) in [5.74, 6) is 0.194. The third-order valence-corrected chi connectivity index (χ3v) is 4.74. The normalized spacial score (nSPS) is 11.6. The molecule has 0 unspecified atom stereocenters. The quantitative estimate of drug-likeness (QED) is 0.259. The summed E-state index contributed by atoms with van der Waals surface area (Å²) in [6.07, 6.45) is 0. The van der Waals surface area contributed by atoms with Crippen molar-refractivity contribution < 1.29 is 27.2 Å². The van der Waals surface area contributed by atoms with Crippen molar-refractivity contribution in [2.45, 2.75) is 18.7 Å². The van der Waals surface area contributed by atoms with Crippen LogP contribution in [0.3, 0.4) is 0 Å². The molecule has 0 aliphatic heterocycles. The molecule has 9 heteroatoms. The Kier molecular flexibility index (Phi) is 6.57. The fraction of sp³-hybridized carbons (Fsp3) is 0.400. The van der Waals surface area contributed by atoms with Crippen LogP contribution < -0.4 is 4.18 Å². The fourth-order valence-electron chi connectivity index (χ4n) is 1.41. The van der Waals surface area contributed by atoms with Gasteiger partial charge in [0.1, 0.15) is 5.75 Å². The number of alkyl halides is 1. The van der Waals surface area contributed by atoms with E-state index in [1.54, 1.807) is 26.0 Å². The van der Waals surface area contributed by atoms with E-state index in [4.69, 9.17) is 9.44 Å². The first-order valence-corrected chi connectivity index (χ1v) is 8.58. The summed E-state index contributed by atoms with van der Waals surface area (Å²) in [5.41, 5.74) is 1.28. The molecule has 108 valence electrons. The lowest BCUT2D eigenvalue weighted by Gasteiger charge is -2.12. The van der Waals surface area contributed by atoms with Gasteiger partial charge in [0, 0.05) is 10.2 Å². The molecule has 0 radical (unpaired) electrons. The Morgan fingerprint density at radius 3 is 2.37 bits per heavy atom. The van der Waals surface area contributed by atoms with Gasteiger partial charge in [-0.15, -0.1) is 4.33 Å². The fourth-order valence-corrected chi connectivity index (χ4v) is 3.95. The van der Waals surface area contributed by atoms with Crippen LogP contribution in [0.5, 0.6) is 5.75 Å². The Morgan fingerprint density at radius 2 is 1.89 bits per heavy atom. The summed E-state index contributed by atoms with van der Waals surface area (Å²) < 4.78 is 32.6. The highest BCUT2D eigenvalue weighted by Crippen LogP contribution is 2.31. The predicted octanol–water partition coefficient (Wildman–Crippen LogP) is 2.84. The second-order valence-electron chi connectivity index (χ2n) is 3.65. The second-order valence-corrected chi connectivity index (χ2v) is 6.90. The molecular weight excluding hydrogens is 360 g/mol. The Hall–Kier alpha value is -0.320.